The van der Waals surface area contributed by atoms with E-state index in [-0.39, 0.29) is 23.2 Å². The fourth-order valence-corrected chi connectivity index (χ4v) is 0.599. The third-order valence-electron chi connectivity index (χ3n) is 1.00. The van der Waals surface area contributed by atoms with Gasteiger partial charge in [-0.15, -0.1) is 12.0 Å². The number of allylic oxidation sites excluding steroid dienone is 4. The SMILES string of the molecule is FC(F)(F)C1=[C-]CC=C1.[Co]. The van der Waals surface area contributed by atoms with Gasteiger partial charge in [0.2, 0.25) is 0 Å². The second kappa shape index (κ2) is 3.25. The summed E-state index contributed by atoms with van der Waals surface area (Å²) in [6.07, 6.45) is 0.737. The van der Waals surface area contributed by atoms with Gasteiger partial charge in [0.15, 0.2) is 0 Å². The summed E-state index contributed by atoms with van der Waals surface area (Å²) < 4.78 is 34.8. The molecular weight excluding hydrogens is 188 g/mol. The van der Waals surface area contributed by atoms with Crippen molar-refractivity contribution in [1.82, 2.24) is 0 Å². The maximum atomic E-state index is 11.6. The summed E-state index contributed by atoms with van der Waals surface area (Å²) in [6, 6.07) is 0. The molecule has 59 valence electrons. The van der Waals surface area contributed by atoms with Crippen molar-refractivity contribution < 1.29 is 30.0 Å². The van der Waals surface area contributed by atoms with E-state index in [9.17, 15) is 13.2 Å². The van der Waals surface area contributed by atoms with Gasteiger partial charge in [-0.2, -0.15) is 19.2 Å². The van der Waals surface area contributed by atoms with Crippen LogP contribution in [0.1, 0.15) is 6.42 Å². The van der Waals surface area contributed by atoms with Crippen LogP contribution in [0.15, 0.2) is 17.7 Å². The van der Waals surface area contributed by atoms with Gasteiger partial charge >= 0.3 is 6.18 Å². The Kier molecular flexibility index (Phi) is 3.18. The van der Waals surface area contributed by atoms with Gasteiger partial charge in [0, 0.05) is 16.8 Å². The topological polar surface area (TPSA) is 0 Å². The normalized spacial score (nSPS) is 16.5. The molecule has 0 aromatic carbocycles. The number of rotatable bonds is 0. The van der Waals surface area contributed by atoms with Gasteiger partial charge in [0.05, 0.1) is 0 Å². The standard InChI is InChI=1S/C6H4F3.Co/c7-6(8,9)5-3-1-2-4-5;/h1,3H,2H2;/q-1;. The predicted molar refractivity (Wildman–Crippen MR) is 26.6 cm³/mol. The number of hydrogen-bond acceptors (Lipinski definition) is 0. The molecule has 0 atom stereocenters. The maximum Gasteiger partial charge on any atom is 0.384 e. The van der Waals surface area contributed by atoms with Gasteiger partial charge in [0.1, 0.15) is 0 Å². The van der Waals surface area contributed by atoms with Crippen LogP contribution in [-0.4, -0.2) is 6.18 Å². The molecule has 0 aromatic rings. The predicted octanol–water partition coefficient (Wildman–Crippen LogP) is 2.24. The van der Waals surface area contributed by atoms with Crippen molar-refractivity contribution >= 4 is 0 Å². The molecule has 0 nitrogen and oxygen atoms in total. The van der Waals surface area contributed by atoms with Crippen LogP contribution in [0.25, 0.3) is 0 Å². The summed E-state index contributed by atoms with van der Waals surface area (Å²) in [4.78, 5) is 0. The number of alkyl halides is 3. The average Bonchev–Trinajstić information content (AvgIpc) is 2.08. The number of hydrogen-bond donors (Lipinski definition) is 0. The van der Waals surface area contributed by atoms with Crippen molar-refractivity contribution in [2.24, 2.45) is 0 Å². The van der Waals surface area contributed by atoms with E-state index in [4.69, 9.17) is 0 Å². The largest absolute Gasteiger partial charge is 0.384 e. The van der Waals surface area contributed by atoms with E-state index in [0.29, 0.717) is 0 Å². The molecule has 0 bridgehead atoms. The molecule has 1 rings (SSSR count). The first-order valence-electron chi connectivity index (χ1n) is 2.45. The zero-order valence-corrected chi connectivity index (χ0v) is 5.87. The Labute approximate surface area is 67.0 Å². The molecule has 0 heterocycles. The monoisotopic (exact) mass is 192 g/mol. The van der Waals surface area contributed by atoms with Crippen molar-refractivity contribution in [3.63, 3.8) is 0 Å². The van der Waals surface area contributed by atoms with Crippen LogP contribution in [0.2, 0.25) is 0 Å². The fraction of sp³-hybridized carbons (Fsp3) is 0.333. The molecular formula is C6H4CoF3-. The summed E-state index contributed by atoms with van der Waals surface area (Å²) in [7, 11) is 0. The molecule has 0 amide bonds. The van der Waals surface area contributed by atoms with Gasteiger partial charge in [-0.25, -0.2) is 6.08 Å². The first-order valence-corrected chi connectivity index (χ1v) is 2.45. The van der Waals surface area contributed by atoms with Gasteiger partial charge < -0.3 is 0 Å². The van der Waals surface area contributed by atoms with Crippen LogP contribution in [0.3, 0.4) is 0 Å². The molecule has 0 saturated heterocycles. The Morgan fingerprint density at radius 3 is 2.20 bits per heavy atom. The average molecular weight is 192 g/mol. The smallest absolute Gasteiger partial charge is 0.261 e. The van der Waals surface area contributed by atoms with Gasteiger partial charge in [-0.05, 0) is 0 Å². The van der Waals surface area contributed by atoms with E-state index in [1.54, 1.807) is 0 Å². The third kappa shape index (κ3) is 2.19. The van der Waals surface area contributed by atoms with Crippen molar-refractivity contribution in [2.45, 2.75) is 12.6 Å². The second-order valence-corrected chi connectivity index (χ2v) is 1.69. The first kappa shape index (κ1) is 9.78. The molecule has 1 aliphatic carbocycles. The van der Waals surface area contributed by atoms with Crippen LogP contribution < -0.4 is 0 Å². The van der Waals surface area contributed by atoms with Crippen LogP contribution in [0.5, 0.6) is 0 Å². The van der Waals surface area contributed by atoms with E-state index >= 15 is 0 Å². The van der Waals surface area contributed by atoms with Crippen molar-refractivity contribution in [2.75, 3.05) is 0 Å². The van der Waals surface area contributed by atoms with Crippen molar-refractivity contribution in [3.05, 3.63) is 23.8 Å². The molecule has 1 radical (unpaired) electrons. The zero-order valence-electron chi connectivity index (χ0n) is 4.83. The van der Waals surface area contributed by atoms with Crippen LogP contribution >= 0.6 is 0 Å². The molecule has 10 heavy (non-hydrogen) atoms. The second-order valence-electron chi connectivity index (χ2n) is 1.69. The van der Waals surface area contributed by atoms with E-state index < -0.39 is 11.7 Å². The molecule has 0 N–H and O–H groups in total. The summed E-state index contributed by atoms with van der Waals surface area (Å²) in [5.41, 5.74) is -0.650. The minimum Gasteiger partial charge on any atom is -0.261 e. The van der Waals surface area contributed by atoms with Crippen LogP contribution in [0, 0.1) is 6.08 Å². The number of halogens is 3. The van der Waals surface area contributed by atoms with E-state index in [0.717, 1.165) is 6.08 Å². The minimum atomic E-state index is -4.20. The van der Waals surface area contributed by atoms with Crippen molar-refractivity contribution in [1.29, 1.82) is 0 Å². The summed E-state index contributed by atoms with van der Waals surface area (Å²) in [5.74, 6) is 0. The van der Waals surface area contributed by atoms with Crippen LogP contribution in [0.4, 0.5) is 13.2 Å². The Morgan fingerprint density at radius 1 is 1.40 bits per heavy atom. The van der Waals surface area contributed by atoms with E-state index in [2.05, 4.69) is 6.08 Å². The molecule has 0 spiro atoms. The first-order chi connectivity index (χ1) is 4.11. The fourth-order valence-electron chi connectivity index (χ4n) is 0.599. The molecule has 0 fully saturated rings. The molecule has 1 aliphatic rings. The maximum absolute atomic E-state index is 11.6. The zero-order chi connectivity index (χ0) is 6.91. The van der Waals surface area contributed by atoms with E-state index in [1.807, 2.05) is 0 Å². The molecule has 4 heteroatoms. The van der Waals surface area contributed by atoms with Gasteiger partial charge in [0.25, 0.3) is 0 Å². The molecule has 0 unspecified atom stereocenters. The van der Waals surface area contributed by atoms with Gasteiger partial charge in [-0.1, -0.05) is 0 Å². The minimum absolute atomic E-state index is 0. The Balaban J connectivity index is 0.000000810. The van der Waals surface area contributed by atoms with E-state index in [1.165, 1.54) is 6.08 Å². The Bertz CT molecular complexity index is 166. The quantitative estimate of drug-likeness (QED) is 0.516. The Hall–Kier alpha value is -0.224. The molecule has 0 aromatic heterocycles. The molecule has 0 saturated carbocycles. The van der Waals surface area contributed by atoms with Crippen molar-refractivity contribution in [3.8, 4) is 0 Å². The summed E-state index contributed by atoms with van der Waals surface area (Å²) >= 11 is 0. The summed E-state index contributed by atoms with van der Waals surface area (Å²) in [6.45, 7) is 0. The third-order valence-corrected chi connectivity index (χ3v) is 1.00. The summed E-state index contributed by atoms with van der Waals surface area (Å²) in [5, 5.41) is 0. The van der Waals surface area contributed by atoms with Gasteiger partial charge in [-0.3, -0.25) is 6.08 Å². The molecule has 0 aliphatic heterocycles. The van der Waals surface area contributed by atoms with Crippen LogP contribution in [-0.2, 0) is 16.8 Å². The Morgan fingerprint density at radius 2 is 2.00 bits per heavy atom.